The summed E-state index contributed by atoms with van der Waals surface area (Å²) in [4.78, 5) is 11.8. The van der Waals surface area contributed by atoms with E-state index in [1.165, 1.54) is 11.3 Å². The molecule has 0 aliphatic heterocycles. The van der Waals surface area contributed by atoms with Gasteiger partial charge >= 0.3 is 0 Å². The Balaban J connectivity index is 2.89. The van der Waals surface area contributed by atoms with Gasteiger partial charge in [0.15, 0.2) is 0 Å². The Morgan fingerprint density at radius 3 is 2.53 bits per heavy atom. The Kier molecular flexibility index (Phi) is 4.85. The van der Waals surface area contributed by atoms with Gasteiger partial charge in [-0.15, -0.1) is 11.3 Å². The van der Waals surface area contributed by atoms with Crippen molar-refractivity contribution in [3.63, 3.8) is 0 Å². The second-order valence-electron chi connectivity index (χ2n) is 4.03. The molecule has 96 valence electrons. The zero-order chi connectivity index (χ0) is 13.1. The molecule has 1 rings (SSSR count). The van der Waals surface area contributed by atoms with E-state index in [0.29, 0.717) is 6.29 Å². The van der Waals surface area contributed by atoms with Crippen LogP contribution in [-0.2, 0) is 14.8 Å². The first-order valence-electron chi connectivity index (χ1n) is 5.44. The van der Waals surface area contributed by atoms with Crippen LogP contribution in [0.15, 0.2) is 16.3 Å². The second-order valence-corrected chi connectivity index (χ2v) is 7.26. The molecule has 17 heavy (non-hydrogen) atoms. The predicted octanol–water partition coefficient (Wildman–Crippen LogP) is 1.95. The average Bonchev–Trinajstić information content (AvgIpc) is 2.72. The fourth-order valence-corrected chi connectivity index (χ4v) is 3.90. The number of aldehydes is 1. The summed E-state index contributed by atoms with van der Waals surface area (Å²) in [5, 5.41) is 0. The molecule has 0 saturated heterocycles. The summed E-state index contributed by atoms with van der Waals surface area (Å²) in [6, 6.07) is 2.64. The van der Waals surface area contributed by atoms with Gasteiger partial charge < -0.3 is 4.79 Å². The summed E-state index contributed by atoms with van der Waals surface area (Å²) in [5.41, 5.74) is 0. The van der Waals surface area contributed by atoms with E-state index in [-0.39, 0.29) is 10.1 Å². The highest BCUT2D eigenvalue weighted by Crippen LogP contribution is 2.21. The summed E-state index contributed by atoms with van der Waals surface area (Å²) < 4.78 is 26.6. The van der Waals surface area contributed by atoms with Crippen LogP contribution in [0.1, 0.15) is 25.1 Å². The van der Waals surface area contributed by atoms with Crippen LogP contribution in [0.5, 0.6) is 0 Å². The SMILES string of the molecule is CCC(C)C(C=O)NS(=O)(=O)c1ccc(C)s1. The van der Waals surface area contributed by atoms with Gasteiger partial charge in [0, 0.05) is 4.88 Å². The van der Waals surface area contributed by atoms with Crippen molar-refractivity contribution in [1.29, 1.82) is 0 Å². The molecule has 1 aromatic heterocycles. The summed E-state index contributed by atoms with van der Waals surface area (Å²) in [7, 11) is -3.57. The van der Waals surface area contributed by atoms with Crippen LogP contribution < -0.4 is 4.72 Å². The molecule has 6 heteroatoms. The molecule has 0 aliphatic carbocycles. The quantitative estimate of drug-likeness (QED) is 0.807. The minimum Gasteiger partial charge on any atom is -0.302 e. The molecule has 0 saturated carbocycles. The van der Waals surface area contributed by atoms with Crippen molar-refractivity contribution >= 4 is 27.6 Å². The van der Waals surface area contributed by atoms with E-state index in [2.05, 4.69) is 4.72 Å². The second kappa shape index (κ2) is 5.75. The summed E-state index contributed by atoms with van der Waals surface area (Å²) in [5.74, 6) is -0.0108. The molecule has 1 heterocycles. The fraction of sp³-hybridized carbons (Fsp3) is 0.545. The Morgan fingerprint density at radius 1 is 1.47 bits per heavy atom. The topological polar surface area (TPSA) is 63.2 Å². The number of sulfonamides is 1. The van der Waals surface area contributed by atoms with Gasteiger partial charge in [-0.05, 0) is 25.0 Å². The van der Waals surface area contributed by atoms with Crippen LogP contribution >= 0.6 is 11.3 Å². The predicted molar refractivity (Wildman–Crippen MR) is 68.7 cm³/mol. The van der Waals surface area contributed by atoms with E-state index < -0.39 is 16.1 Å². The highest BCUT2D eigenvalue weighted by atomic mass is 32.2. The van der Waals surface area contributed by atoms with Crippen molar-refractivity contribution < 1.29 is 13.2 Å². The lowest BCUT2D eigenvalue weighted by Crippen LogP contribution is -2.40. The van der Waals surface area contributed by atoms with Crippen LogP contribution in [0, 0.1) is 12.8 Å². The van der Waals surface area contributed by atoms with Crippen molar-refractivity contribution in [2.45, 2.75) is 37.4 Å². The lowest BCUT2D eigenvalue weighted by molar-refractivity contribution is -0.110. The largest absolute Gasteiger partial charge is 0.302 e. The maximum Gasteiger partial charge on any atom is 0.250 e. The molecule has 0 radical (unpaired) electrons. The molecule has 0 spiro atoms. The standard InChI is InChI=1S/C11H17NO3S2/c1-4-8(2)10(7-13)12-17(14,15)11-6-5-9(3)16-11/h5-8,10,12H,4H2,1-3H3. The van der Waals surface area contributed by atoms with Gasteiger partial charge in [0.25, 0.3) is 10.0 Å². The number of carbonyl (C=O) groups excluding carboxylic acids is 1. The van der Waals surface area contributed by atoms with Gasteiger partial charge in [0.05, 0.1) is 6.04 Å². The number of thiophene rings is 1. The number of hydrogen-bond donors (Lipinski definition) is 1. The molecule has 0 fully saturated rings. The van der Waals surface area contributed by atoms with Crippen LogP contribution in [0.3, 0.4) is 0 Å². The van der Waals surface area contributed by atoms with Gasteiger partial charge in [0.1, 0.15) is 10.5 Å². The molecule has 0 amide bonds. The molecule has 2 atom stereocenters. The highest BCUT2D eigenvalue weighted by molar-refractivity contribution is 7.91. The maximum absolute atomic E-state index is 12.0. The molecule has 1 N–H and O–H groups in total. The first-order chi connectivity index (χ1) is 7.90. The van der Waals surface area contributed by atoms with E-state index in [1.54, 1.807) is 12.1 Å². The minimum absolute atomic E-state index is 0.0108. The molecular formula is C11H17NO3S2. The van der Waals surface area contributed by atoms with E-state index in [4.69, 9.17) is 0 Å². The average molecular weight is 275 g/mol. The van der Waals surface area contributed by atoms with Crippen molar-refractivity contribution in [3.05, 3.63) is 17.0 Å². The number of carbonyl (C=O) groups is 1. The Bertz CT molecular complexity index is 479. The zero-order valence-corrected chi connectivity index (χ0v) is 11.8. The van der Waals surface area contributed by atoms with E-state index in [9.17, 15) is 13.2 Å². The van der Waals surface area contributed by atoms with Crippen molar-refractivity contribution in [2.75, 3.05) is 0 Å². The van der Waals surface area contributed by atoms with E-state index >= 15 is 0 Å². The lowest BCUT2D eigenvalue weighted by Gasteiger charge is -2.17. The first-order valence-corrected chi connectivity index (χ1v) is 7.74. The third-order valence-corrected chi connectivity index (χ3v) is 5.63. The normalized spacial score (nSPS) is 15.5. The Hall–Kier alpha value is -0.720. The highest BCUT2D eigenvalue weighted by Gasteiger charge is 2.24. The fourth-order valence-electron chi connectivity index (χ4n) is 1.33. The van der Waals surface area contributed by atoms with Crippen LogP contribution in [0.2, 0.25) is 0 Å². The number of hydrogen-bond acceptors (Lipinski definition) is 4. The van der Waals surface area contributed by atoms with Crippen LogP contribution in [-0.4, -0.2) is 20.7 Å². The van der Waals surface area contributed by atoms with Crippen LogP contribution in [0.25, 0.3) is 0 Å². The molecule has 0 bridgehead atoms. The monoisotopic (exact) mass is 275 g/mol. The van der Waals surface area contributed by atoms with E-state index in [0.717, 1.165) is 11.3 Å². The lowest BCUT2D eigenvalue weighted by atomic mass is 10.0. The van der Waals surface area contributed by atoms with Crippen molar-refractivity contribution in [2.24, 2.45) is 5.92 Å². The number of aryl methyl sites for hydroxylation is 1. The van der Waals surface area contributed by atoms with E-state index in [1.807, 2.05) is 20.8 Å². The zero-order valence-electron chi connectivity index (χ0n) is 10.1. The van der Waals surface area contributed by atoms with Crippen molar-refractivity contribution in [1.82, 2.24) is 4.72 Å². The van der Waals surface area contributed by atoms with Crippen molar-refractivity contribution in [3.8, 4) is 0 Å². The minimum atomic E-state index is -3.57. The summed E-state index contributed by atoms with van der Waals surface area (Å²) in [6.45, 7) is 5.61. The Morgan fingerprint density at radius 2 is 2.12 bits per heavy atom. The van der Waals surface area contributed by atoms with Gasteiger partial charge in [-0.25, -0.2) is 8.42 Å². The first kappa shape index (κ1) is 14.3. The third-order valence-electron chi connectivity index (χ3n) is 2.68. The maximum atomic E-state index is 12.0. The molecule has 2 unspecified atom stereocenters. The number of rotatable bonds is 6. The molecule has 1 aromatic rings. The van der Waals surface area contributed by atoms with Gasteiger partial charge in [-0.2, -0.15) is 4.72 Å². The third kappa shape index (κ3) is 3.62. The molecular weight excluding hydrogens is 258 g/mol. The summed E-state index contributed by atoms with van der Waals surface area (Å²) in [6.07, 6.45) is 1.40. The molecule has 0 aliphatic rings. The Labute approximate surface area is 106 Å². The smallest absolute Gasteiger partial charge is 0.250 e. The summed E-state index contributed by atoms with van der Waals surface area (Å²) >= 11 is 1.20. The number of nitrogens with one attached hydrogen (secondary N) is 1. The van der Waals surface area contributed by atoms with Gasteiger partial charge in [-0.1, -0.05) is 20.3 Å². The van der Waals surface area contributed by atoms with Gasteiger partial charge in [-0.3, -0.25) is 0 Å². The van der Waals surface area contributed by atoms with Crippen LogP contribution in [0.4, 0.5) is 0 Å². The molecule has 4 nitrogen and oxygen atoms in total. The van der Waals surface area contributed by atoms with Gasteiger partial charge in [0.2, 0.25) is 0 Å². The molecule has 0 aromatic carbocycles.